The molecule has 0 saturated heterocycles. The SMILES string of the molecule is Nc1ncc(C=O)c(Cl)c1C(F)F. The van der Waals surface area contributed by atoms with Crippen LogP contribution in [0.2, 0.25) is 5.02 Å². The molecule has 1 aromatic rings. The molecule has 0 radical (unpaired) electrons. The van der Waals surface area contributed by atoms with Gasteiger partial charge in [-0.05, 0) is 0 Å². The van der Waals surface area contributed by atoms with E-state index < -0.39 is 12.0 Å². The molecule has 1 heterocycles. The highest BCUT2D eigenvalue weighted by Gasteiger charge is 2.19. The van der Waals surface area contributed by atoms with Crippen LogP contribution in [0.3, 0.4) is 0 Å². The molecule has 0 aliphatic carbocycles. The number of rotatable bonds is 2. The van der Waals surface area contributed by atoms with Gasteiger partial charge in [0.2, 0.25) is 0 Å². The Balaban J connectivity index is 3.38. The molecule has 13 heavy (non-hydrogen) atoms. The minimum Gasteiger partial charge on any atom is -0.383 e. The number of carbonyl (C=O) groups is 1. The van der Waals surface area contributed by atoms with Crippen LogP contribution in [0.25, 0.3) is 0 Å². The summed E-state index contributed by atoms with van der Waals surface area (Å²) >= 11 is 5.48. The summed E-state index contributed by atoms with van der Waals surface area (Å²) < 4.78 is 24.6. The van der Waals surface area contributed by atoms with Crippen LogP contribution in [0.1, 0.15) is 22.3 Å². The fourth-order valence-electron chi connectivity index (χ4n) is 0.823. The molecule has 0 aliphatic heterocycles. The van der Waals surface area contributed by atoms with E-state index in [0.717, 1.165) is 6.20 Å². The monoisotopic (exact) mass is 206 g/mol. The number of nitrogen functional groups attached to an aromatic ring is 1. The number of halogens is 3. The molecular formula is C7H5ClF2N2O. The molecule has 1 aromatic heterocycles. The lowest BCUT2D eigenvalue weighted by atomic mass is 10.2. The van der Waals surface area contributed by atoms with Crippen LogP contribution >= 0.6 is 11.6 Å². The summed E-state index contributed by atoms with van der Waals surface area (Å²) in [5.74, 6) is -0.356. The van der Waals surface area contributed by atoms with Crippen molar-refractivity contribution >= 4 is 23.7 Å². The maximum absolute atomic E-state index is 12.3. The molecule has 0 spiro atoms. The van der Waals surface area contributed by atoms with Gasteiger partial charge in [0, 0.05) is 6.20 Å². The van der Waals surface area contributed by atoms with Crippen molar-refractivity contribution in [2.45, 2.75) is 6.43 Å². The second kappa shape index (κ2) is 3.66. The molecule has 3 nitrogen and oxygen atoms in total. The van der Waals surface area contributed by atoms with Crippen LogP contribution in [0.15, 0.2) is 6.20 Å². The van der Waals surface area contributed by atoms with E-state index in [1.807, 2.05) is 0 Å². The van der Waals surface area contributed by atoms with Crippen molar-refractivity contribution < 1.29 is 13.6 Å². The van der Waals surface area contributed by atoms with Crippen molar-refractivity contribution in [3.05, 3.63) is 22.3 Å². The van der Waals surface area contributed by atoms with Crippen LogP contribution in [-0.2, 0) is 0 Å². The molecule has 6 heteroatoms. The number of carbonyl (C=O) groups excluding carboxylic acids is 1. The predicted octanol–water partition coefficient (Wildman–Crippen LogP) is 2.07. The Labute approximate surface area is 77.5 Å². The molecule has 2 N–H and O–H groups in total. The third kappa shape index (κ3) is 1.75. The third-order valence-electron chi connectivity index (χ3n) is 1.45. The van der Waals surface area contributed by atoms with E-state index in [1.54, 1.807) is 0 Å². The number of anilines is 1. The normalized spacial score (nSPS) is 10.5. The number of hydrogen-bond acceptors (Lipinski definition) is 3. The van der Waals surface area contributed by atoms with E-state index in [1.165, 1.54) is 0 Å². The zero-order valence-corrected chi connectivity index (χ0v) is 7.05. The summed E-state index contributed by atoms with van der Waals surface area (Å²) in [4.78, 5) is 13.7. The summed E-state index contributed by atoms with van der Waals surface area (Å²) in [6.45, 7) is 0. The molecule has 70 valence electrons. The number of hydrogen-bond donors (Lipinski definition) is 1. The van der Waals surface area contributed by atoms with Gasteiger partial charge in [0.15, 0.2) is 6.29 Å². The lowest BCUT2D eigenvalue weighted by Crippen LogP contribution is -2.01. The van der Waals surface area contributed by atoms with Gasteiger partial charge in [-0.3, -0.25) is 4.79 Å². The van der Waals surface area contributed by atoms with Gasteiger partial charge in [-0.2, -0.15) is 0 Å². The Hall–Kier alpha value is -1.23. The lowest BCUT2D eigenvalue weighted by Gasteiger charge is -2.06. The van der Waals surface area contributed by atoms with Gasteiger partial charge >= 0.3 is 0 Å². The van der Waals surface area contributed by atoms with Crippen LogP contribution in [0.4, 0.5) is 14.6 Å². The van der Waals surface area contributed by atoms with Gasteiger partial charge < -0.3 is 5.73 Å². The molecule has 0 fully saturated rings. The maximum Gasteiger partial charge on any atom is 0.268 e. The van der Waals surface area contributed by atoms with Gasteiger partial charge in [0.25, 0.3) is 6.43 Å². The quantitative estimate of drug-likeness (QED) is 0.754. The fourth-order valence-corrected chi connectivity index (χ4v) is 1.10. The Morgan fingerprint density at radius 3 is 2.69 bits per heavy atom. The minimum absolute atomic E-state index is 0.0915. The molecule has 0 aliphatic rings. The van der Waals surface area contributed by atoms with Crippen LogP contribution in [0.5, 0.6) is 0 Å². The number of alkyl halides is 2. The summed E-state index contributed by atoms with van der Waals surface area (Å²) in [6.07, 6.45) is -1.43. The summed E-state index contributed by atoms with van der Waals surface area (Å²) in [6, 6.07) is 0. The second-order valence-electron chi connectivity index (χ2n) is 2.24. The highest BCUT2D eigenvalue weighted by Crippen LogP contribution is 2.32. The van der Waals surface area contributed by atoms with Crippen LogP contribution < -0.4 is 5.73 Å². The van der Waals surface area contributed by atoms with E-state index in [4.69, 9.17) is 17.3 Å². The number of aldehydes is 1. The number of nitrogens with two attached hydrogens (primary N) is 1. The molecule has 0 atom stereocenters. The van der Waals surface area contributed by atoms with Crippen molar-refractivity contribution in [3.63, 3.8) is 0 Å². The van der Waals surface area contributed by atoms with E-state index >= 15 is 0 Å². The van der Waals surface area contributed by atoms with E-state index in [0.29, 0.717) is 6.29 Å². The largest absolute Gasteiger partial charge is 0.383 e. The first-order chi connectivity index (χ1) is 6.07. The average Bonchev–Trinajstić information content (AvgIpc) is 2.04. The minimum atomic E-state index is -2.83. The third-order valence-corrected chi connectivity index (χ3v) is 1.88. The van der Waals surface area contributed by atoms with Gasteiger partial charge in [0.1, 0.15) is 5.82 Å². The molecule has 0 unspecified atom stereocenters. The van der Waals surface area contributed by atoms with Crippen molar-refractivity contribution in [2.24, 2.45) is 0 Å². The smallest absolute Gasteiger partial charge is 0.268 e. The van der Waals surface area contributed by atoms with Crippen molar-refractivity contribution in [1.82, 2.24) is 4.98 Å². The highest BCUT2D eigenvalue weighted by atomic mass is 35.5. The van der Waals surface area contributed by atoms with Gasteiger partial charge in [-0.25, -0.2) is 13.8 Å². The first kappa shape index (κ1) is 9.85. The maximum atomic E-state index is 12.3. The molecule has 0 bridgehead atoms. The summed E-state index contributed by atoms with van der Waals surface area (Å²) in [5.41, 5.74) is 4.47. The average molecular weight is 207 g/mol. The zero-order valence-electron chi connectivity index (χ0n) is 6.30. The highest BCUT2D eigenvalue weighted by molar-refractivity contribution is 6.34. The van der Waals surface area contributed by atoms with Gasteiger partial charge in [0.05, 0.1) is 16.1 Å². The number of pyridine rings is 1. The molecular weight excluding hydrogens is 202 g/mol. The number of nitrogens with zero attached hydrogens (tertiary/aromatic N) is 1. The van der Waals surface area contributed by atoms with Crippen molar-refractivity contribution in [1.29, 1.82) is 0 Å². The Kier molecular flexibility index (Phi) is 2.77. The van der Waals surface area contributed by atoms with E-state index in [2.05, 4.69) is 4.98 Å². The second-order valence-corrected chi connectivity index (χ2v) is 2.62. The van der Waals surface area contributed by atoms with Crippen LogP contribution in [0, 0.1) is 0 Å². The predicted molar refractivity (Wildman–Crippen MR) is 44.0 cm³/mol. The topological polar surface area (TPSA) is 56.0 Å². The Bertz CT molecular complexity index is 344. The van der Waals surface area contributed by atoms with Gasteiger partial charge in [-0.15, -0.1) is 0 Å². The first-order valence-corrected chi connectivity index (χ1v) is 3.63. The van der Waals surface area contributed by atoms with Crippen LogP contribution in [-0.4, -0.2) is 11.3 Å². The van der Waals surface area contributed by atoms with E-state index in [9.17, 15) is 13.6 Å². The Morgan fingerprint density at radius 1 is 1.62 bits per heavy atom. The fraction of sp³-hybridized carbons (Fsp3) is 0.143. The molecule has 0 aromatic carbocycles. The summed E-state index contributed by atoms with van der Waals surface area (Å²) in [7, 11) is 0. The first-order valence-electron chi connectivity index (χ1n) is 3.25. The molecule has 0 saturated carbocycles. The lowest BCUT2D eigenvalue weighted by molar-refractivity contribution is 0.112. The van der Waals surface area contributed by atoms with Gasteiger partial charge in [-0.1, -0.05) is 11.6 Å². The van der Waals surface area contributed by atoms with E-state index in [-0.39, 0.29) is 16.4 Å². The van der Waals surface area contributed by atoms with Crippen molar-refractivity contribution in [3.8, 4) is 0 Å². The standard InChI is InChI=1S/C7H5ClF2N2O/c8-5-3(2-13)1-12-7(11)4(5)6(9)10/h1-2,6H,(H2,11,12). The Morgan fingerprint density at radius 2 is 2.23 bits per heavy atom. The number of aromatic nitrogens is 1. The molecule has 1 rings (SSSR count). The van der Waals surface area contributed by atoms with Crippen molar-refractivity contribution in [2.75, 3.05) is 5.73 Å². The molecule has 0 amide bonds. The summed E-state index contributed by atoms with van der Waals surface area (Å²) in [5, 5.41) is -0.336. The zero-order chi connectivity index (χ0) is 10.0.